The molecule has 0 aliphatic heterocycles. The molecule has 2 heterocycles. The topological polar surface area (TPSA) is 119 Å². The molecule has 0 radical (unpaired) electrons. The second-order valence-corrected chi connectivity index (χ2v) is 7.09. The SMILES string of the molecule is Nc1nonc1C(=O)NCCNCc1ccc(-c2ccc(Br)cc2Br)o1. The molecule has 0 fully saturated rings. The van der Waals surface area contributed by atoms with Crippen LogP contribution in [0.1, 0.15) is 16.2 Å². The molecule has 4 N–H and O–H groups in total. The number of nitrogens with two attached hydrogens (primary N) is 1. The lowest BCUT2D eigenvalue weighted by molar-refractivity contribution is 0.0944. The van der Waals surface area contributed by atoms with Crippen LogP contribution in [0.5, 0.6) is 0 Å². The molecule has 8 nitrogen and oxygen atoms in total. The van der Waals surface area contributed by atoms with Crippen molar-refractivity contribution in [3.63, 3.8) is 0 Å². The fourth-order valence-electron chi connectivity index (χ4n) is 2.22. The summed E-state index contributed by atoms with van der Waals surface area (Å²) in [5.41, 5.74) is 6.42. The molecule has 0 saturated heterocycles. The van der Waals surface area contributed by atoms with Crippen molar-refractivity contribution in [2.24, 2.45) is 0 Å². The molecule has 10 heteroatoms. The van der Waals surface area contributed by atoms with Gasteiger partial charge in [-0.1, -0.05) is 15.9 Å². The third kappa shape index (κ3) is 4.51. The first-order valence-corrected chi connectivity index (χ1v) is 9.24. The minimum atomic E-state index is -0.425. The molecule has 3 aromatic rings. The number of carbonyl (C=O) groups excluding carboxylic acids is 1. The summed E-state index contributed by atoms with van der Waals surface area (Å²) in [4.78, 5) is 11.8. The van der Waals surface area contributed by atoms with Crippen LogP contribution in [0.15, 0.2) is 48.3 Å². The van der Waals surface area contributed by atoms with E-state index in [-0.39, 0.29) is 11.5 Å². The largest absolute Gasteiger partial charge is 0.460 e. The molecule has 1 aromatic carbocycles. The van der Waals surface area contributed by atoms with Gasteiger partial charge >= 0.3 is 0 Å². The van der Waals surface area contributed by atoms with Gasteiger partial charge in [0.15, 0.2) is 0 Å². The van der Waals surface area contributed by atoms with Crippen LogP contribution < -0.4 is 16.4 Å². The smallest absolute Gasteiger partial charge is 0.277 e. The first-order chi connectivity index (χ1) is 12.5. The molecular weight excluding hydrogens is 470 g/mol. The van der Waals surface area contributed by atoms with Gasteiger partial charge in [-0.05, 0) is 56.6 Å². The monoisotopic (exact) mass is 483 g/mol. The predicted molar refractivity (Wildman–Crippen MR) is 102 cm³/mol. The number of furan rings is 1. The number of anilines is 1. The maximum atomic E-state index is 11.8. The third-order valence-electron chi connectivity index (χ3n) is 3.47. The summed E-state index contributed by atoms with van der Waals surface area (Å²) >= 11 is 6.96. The molecule has 0 aliphatic carbocycles. The van der Waals surface area contributed by atoms with Crippen LogP contribution in [0.25, 0.3) is 11.3 Å². The summed E-state index contributed by atoms with van der Waals surface area (Å²) in [5, 5.41) is 12.7. The minimum absolute atomic E-state index is 0.0132. The van der Waals surface area contributed by atoms with E-state index in [0.717, 1.165) is 26.0 Å². The minimum Gasteiger partial charge on any atom is -0.460 e. The van der Waals surface area contributed by atoms with Crippen molar-refractivity contribution in [3.8, 4) is 11.3 Å². The van der Waals surface area contributed by atoms with Crippen LogP contribution in [0.2, 0.25) is 0 Å². The van der Waals surface area contributed by atoms with Crippen LogP contribution in [-0.2, 0) is 6.54 Å². The van der Waals surface area contributed by atoms with Gasteiger partial charge in [0.2, 0.25) is 11.5 Å². The molecule has 136 valence electrons. The summed E-state index contributed by atoms with van der Waals surface area (Å²) in [6.07, 6.45) is 0. The maximum absolute atomic E-state index is 11.8. The lowest BCUT2D eigenvalue weighted by Gasteiger charge is -2.05. The molecule has 0 spiro atoms. The normalized spacial score (nSPS) is 10.8. The molecule has 3 rings (SSSR count). The van der Waals surface area contributed by atoms with E-state index >= 15 is 0 Å². The van der Waals surface area contributed by atoms with E-state index in [0.29, 0.717) is 19.6 Å². The highest BCUT2D eigenvalue weighted by Crippen LogP contribution is 2.31. The van der Waals surface area contributed by atoms with E-state index in [4.69, 9.17) is 10.2 Å². The number of amides is 1. The first kappa shape index (κ1) is 18.6. The van der Waals surface area contributed by atoms with Crippen molar-refractivity contribution in [1.82, 2.24) is 20.9 Å². The molecule has 26 heavy (non-hydrogen) atoms. The Hall–Kier alpha value is -2.17. The average Bonchev–Trinajstić information content (AvgIpc) is 3.23. The quantitative estimate of drug-likeness (QED) is 0.441. The number of nitrogens with one attached hydrogen (secondary N) is 2. The Kier molecular flexibility index (Phi) is 6.07. The molecule has 0 atom stereocenters. The van der Waals surface area contributed by atoms with Crippen molar-refractivity contribution in [2.45, 2.75) is 6.54 Å². The fourth-order valence-corrected chi connectivity index (χ4v) is 3.46. The molecular formula is C16H15Br2N5O3. The van der Waals surface area contributed by atoms with E-state index in [1.807, 2.05) is 30.3 Å². The summed E-state index contributed by atoms with van der Waals surface area (Å²) in [6, 6.07) is 9.74. The van der Waals surface area contributed by atoms with Crippen LogP contribution in [0, 0.1) is 0 Å². The predicted octanol–water partition coefficient (Wildman–Crippen LogP) is 2.96. The van der Waals surface area contributed by atoms with Crippen molar-refractivity contribution >= 4 is 43.6 Å². The van der Waals surface area contributed by atoms with E-state index in [1.165, 1.54) is 0 Å². The average molecular weight is 485 g/mol. The second-order valence-electron chi connectivity index (χ2n) is 5.32. The molecule has 0 unspecified atom stereocenters. The van der Waals surface area contributed by atoms with Gasteiger partial charge in [-0.25, -0.2) is 4.63 Å². The fraction of sp³-hybridized carbons (Fsp3) is 0.188. The summed E-state index contributed by atoms with van der Waals surface area (Å²) in [6.45, 7) is 1.49. The van der Waals surface area contributed by atoms with E-state index in [1.54, 1.807) is 0 Å². The highest BCUT2D eigenvalue weighted by Gasteiger charge is 2.15. The Balaban J connectivity index is 1.45. The molecule has 2 aromatic heterocycles. The third-order valence-corrected chi connectivity index (χ3v) is 4.62. The number of aromatic nitrogens is 2. The maximum Gasteiger partial charge on any atom is 0.277 e. The van der Waals surface area contributed by atoms with Gasteiger partial charge < -0.3 is 20.8 Å². The zero-order valence-electron chi connectivity index (χ0n) is 13.5. The van der Waals surface area contributed by atoms with Gasteiger partial charge in [0, 0.05) is 27.6 Å². The lowest BCUT2D eigenvalue weighted by Crippen LogP contribution is -2.32. The van der Waals surface area contributed by atoms with E-state index in [2.05, 4.69) is 57.4 Å². The van der Waals surface area contributed by atoms with Crippen LogP contribution >= 0.6 is 31.9 Å². The molecule has 1 amide bonds. The Bertz CT molecular complexity index is 909. The number of halogens is 2. The Morgan fingerprint density at radius 3 is 2.73 bits per heavy atom. The zero-order chi connectivity index (χ0) is 18.5. The van der Waals surface area contributed by atoms with Gasteiger partial charge in [-0.2, -0.15) is 0 Å². The Morgan fingerprint density at radius 2 is 2.00 bits per heavy atom. The van der Waals surface area contributed by atoms with E-state index in [9.17, 15) is 4.79 Å². The van der Waals surface area contributed by atoms with Gasteiger partial charge in [0.25, 0.3) is 5.91 Å². The number of benzene rings is 1. The molecule has 0 aliphatic rings. The number of hydrogen-bond acceptors (Lipinski definition) is 7. The summed E-state index contributed by atoms with van der Waals surface area (Å²) in [7, 11) is 0. The van der Waals surface area contributed by atoms with Crippen molar-refractivity contribution in [3.05, 3.63) is 50.7 Å². The van der Waals surface area contributed by atoms with Gasteiger partial charge in [-0.3, -0.25) is 4.79 Å². The number of nitrogen functional groups attached to an aromatic ring is 1. The number of nitrogens with zero attached hydrogens (tertiary/aromatic N) is 2. The van der Waals surface area contributed by atoms with Crippen molar-refractivity contribution in [2.75, 3.05) is 18.8 Å². The highest BCUT2D eigenvalue weighted by atomic mass is 79.9. The van der Waals surface area contributed by atoms with Crippen molar-refractivity contribution in [1.29, 1.82) is 0 Å². The van der Waals surface area contributed by atoms with Gasteiger partial charge in [0.05, 0.1) is 6.54 Å². The Morgan fingerprint density at radius 1 is 1.15 bits per heavy atom. The van der Waals surface area contributed by atoms with Crippen LogP contribution in [-0.4, -0.2) is 29.3 Å². The van der Waals surface area contributed by atoms with E-state index < -0.39 is 5.91 Å². The van der Waals surface area contributed by atoms with Gasteiger partial charge in [0.1, 0.15) is 11.5 Å². The standard InChI is InChI=1S/C16H15Br2N5O3/c17-9-1-3-11(12(18)7-9)13-4-2-10(25-13)8-20-5-6-21-16(24)14-15(19)23-26-22-14/h1-4,7,20H,5-6,8H2,(H2,19,23)(H,21,24). The van der Waals surface area contributed by atoms with Crippen LogP contribution in [0.4, 0.5) is 5.82 Å². The lowest BCUT2D eigenvalue weighted by atomic mass is 10.2. The number of carbonyl (C=O) groups is 1. The van der Waals surface area contributed by atoms with Crippen molar-refractivity contribution < 1.29 is 13.8 Å². The summed E-state index contributed by atoms with van der Waals surface area (Å²) < 4.78 is 12.2. The number of hydrogen-bond donors (Lipinski definition) is 3. The van der Waals surface area contributed by atoms with Gasteiger partial charge in [-0.15, -0.1) is 0 Å². The molecule has 0 bridgehead atoms. The molecule has 0 saturated carbocycles. The first-order valence-electron chi connectivity index (χ1n) is 7.65. The Labute approximate surface area is 165 Å². The van der Waals surface area contributed by atoms with Crippen LogP contribution in [0.3, 0.4) is 0 Å². The summed E-state index contributed by atoms with van der Waals surface area (Å²) in [5.74, 6) is 1.12. The second kappa shape index (κ2) is 8.47. The highest BCUT2D eigenvalue weighted by molar-refractivity contribution is 9.11. The number of rotatable bonds is 7. The zero-order valence-corrected chi connectivity index (χ0v) is 16.6.